The Morgan fingerprint density at radius 1 is 1.43 bits per heavy atom. The molecule has 0 spiro atoms. The second kappa shape index (κ2) is 8.55. The van der Waals surface area contributed by atoms with Gasteiger partial charge in [0, 0.05) is 18.5 Å². The minimum absolute atomic E-state index is 0.0366. The summed E-state index contributed by atoms with van der Waals surface area (Å²) >= 11 is 0. The van der Waals surface area contributed by atoms with Crippen LogP contribution in [0.15, 0.2) is 12.2 Å². The van der Waals surface area contributed by atoms with Crippen LogP contribution in [0, 0.1) is 5.92 Å². The Hall–Kier alpha value is -2.05. The summed E-state index contributed by atoms with van der Waals surface area (Å²) in [7, 11) is 0. The monoisotopic (exact) mass is 326 g/mol. The topological polar surface area (TPSA) is 93.7 Å². The lowest BCUT2D eigenvalue weighted by molar-refractivity contribution is -0.137. The Balaban J connectivity index is 2.69. The van der Waals surface area contributed by atoms with Crippen molar-refractivity contribution in [1.29, 1.82) is 0 Å². The molecule has 1 aliphatic rings. The van der Waals surface area contributed by atoms with Crippen molar-refractivity contribution in [1.82, 2.24) is 10.6 Å². The summed E-state index contributed by atoms with van der Waals surface area (Å²) in [6.45, 7) is 7.91. The molecule has 1 rings (SSSR count). The second-order valence-electron chi connectivity index (χ2n) is 6.38. The van der Waals surface area contributed by atoms with Gasteiger partial charge in [0.25, 0.3) is 0 Å². The van der Waals surface area contributed by atoms with E-state index in [2.05, 4.69) is 10.6 Å². The largest absolute Gasteiger partial charge is 0.463 e. The van der Waals surface area contributed by atoms with E-state index in [-0.39, 0.29) is 18.4 Å². The van der Waals surface area contributed by atoms with Crippen molar-refractivity contribution in [3.05, 3.63) is 12.2 Å². The molecule has 1 aliphatic heterocycles. The minimum Gasteiger partial charge on any atom is -0.463 e. The van der Waals surface area contributed by atoms with Gasteiger partial charge in [-0.05, 0) is 40.5 Å². The molecule has 1 fully saturated rings. The van der Waals surface area contributed by atoms with Gasteiger partial charge < -0.3 is 20.1 Å². The van der Waals surface area contributed by atoms with Gasteiger partial charge >= 0.3 is 12.1 Å². The average Bonchev–Trinajstić information content (AvgIpc) is 2.79. The molecule has 0 radical (unpaired) electrons. The third kappa shape index (κ3) is 7.67. The SMILES string of the molecule is CCOC(=O)/C=C/C(CC1CCNC1=O)NC(=O)OC(C)(C)C. The summed E-state index contributed by atoms with van der Waals surface area (Å²) in [5.74, 6) is -0.716. The average molecular weight is 326 g/mol. The molecule has 2 atom stereocenters. The Bertz CT molecular complexity index is 468. The Morgan fingerprint density at radius 3 is 2.65 bits per heavy atom. The van der Waals surface area contributed by atoms with Crippen LogP contribution >= 0.6 is 0 Å². The molecule has 0 aromatic rings. The minimum atomic E-state index is -0.621. The van der Waals surface area contributed by atoms with Crippen LogP contribution in [0.1, 0.15) is 40.5 Å². The summed E-state index contributed by atoms with van der Waals surface area (Å²) in [5, 5.41) is 5.44. The zero-order valence-corrected chi connectivity index (χ0v) is 14.2. The molecule has 7 heteroatoms. The summed E-state index contributed by atoms with van der Waals surface area (Å²) < 4.78 is 10.0. The molecule has 0 bridgehead atoms. The molecule has 0 aromatic heterocycles. The Labute approximate surface area is 136 Å². The van der Waals surface area contributed by atoms with Crippen molar-refractivity contribution in [2.75, 3.05) is 13.2 Å². The maximum absolute atomic E-state index is 11.9. The highest BCUT2D eigenvalue weighted by atomic mass is 16.6. The predicted molar refractivity (Wildman–Crippen MR) is 84.7 cm³/mol. The molecule has 2 unspecified atom stereocenters. The van der Waals surface area contributed by atoms with Crippen LogP contribution in [0.2, 0.25) is 0 Å². The first-order valence-electron chi connectivity index (χ1n) is 7.83. The van der Waals surface area contributed by atoms with Crippen molar-refractivity contribution in [2.45, 2.75) is 52.2 Å². The van der Waals surface area contributed by atoms with Crippen molar-refractivity contribution < 1.29 is 23.9 Å². The lowest BCUT2D eigenvalue weighted by Gasteiger charge is -2.23. The van der Waals surface area contributed by atoms with Gasteiger partial charge in [0.1, 0.15) is 5.60 Å². The number of carbonyl (C=O) groups excluding carboxylic acids is 3. The smallest absolute Gasteiger partial charge is 0.408 e. The summed E-state index contributed by atoms with van der Waals surface area (Å²) in [4.78, 5) is 35.0. The standard InChI is InChI=1S/C16H26N2O5/c1-5-22-13(19)7-6-12(10-11-8-9-17-14(11)20)18-15(21)23-16(2,3)4/h6-7,11-12H,5,8-10H2,1-4H3,(H,17,20)(H,18,21)/b7-6+. The maximum atomic E-state index is 11.9. The lowest BCUT2D eigenvalue weighted by Crippen LogP contribution is -2.40. The molecule has 23 heavy (non-hydrogen) atoms. The van der Waals surface area contributed by atoms with E-state index in [4.69, 9.17) is 9.47 Å². The van der Waals surface area contributed by atoms with Crippen LogP contribution in [-0.4, -0.2) is 42.8 Å². The van der Waals surface area contributed by atoms with Crippen LogP contribution in [0.5, 0.6) is 0 Å². The quantitative estimate of drug-likeness (QED) is 0.570. The number of carbonyl (C=O) groups is 3. The molecule has 0 aromatic carbocycles. The first kappa shape index (κ1) is 19.0. The molecule has 0 saturated carbocycles. The number of rotatable bonds is 6. The van der Waals surface area contributed by atoms with E-state index in [0.29, 0.717) is 19.4 Å². The molecule has 130 valence electrons. The second-order valence-corrected chi connectivity index (χ2v) is 6.38. The first-order chi connectivity index (χ1) is 10.7. The highest BCUT2D eigenvalue weighted by Gasteiger charge is 2.28. The number of hydrogen-bond donors (Lipinski definition) is 2. The van der Waals surface area contributed by atoms with Crippen molar-refractivity contribution in [2.24, 2.45) is 5.92 Å². The highest BCUT2D eigenvalue weighted by molar-refractivity contribution is 5.82. The zero-order chi connectivity index (χ0) is 17.5. The van der Waals surface area contributed by atoms with Crippen LogP contribution < -0.4 is 10.6 Å². The van der Waals surface area contributed by atoms with E-state index in [1.165, 1.54) is 12.2 Å². The van der Waals surface area contributed by atoms with Crippen LogP contribution in [0.4, 0.5) is 4.79 Å². The van der Waals surface area contributed by atoms with Gasteiger partial charge in [-0.15, -0.1) is 0 Å². The van der Waals surface area contributed by atoms with Gasteiger partial charge in [0.15, 0.2) is 0 Å². The third-order valence-electron chi connectivity index (χ3n) is 3.15. The summed E-state index contributed by atoms with van der Waals surface area (Å²) in [5.41, 5.74) is -0.621. The number of amides is 2. The van der Waals surface area contributed by atoms with Crippen LogP contribution in [0.25, 0.3) is 0 Å². The van der Waals surface area contributed by atoms with E-state index >= 15 is 0 Å². The molecule has 2 amide bonds. The van der Waals surface area contributed by atoms with Crippen molar-refractivity contribution >= 4 is 18.0 Å². The molecular weight excluding hydrogens is 300 g/mol. The number of nitrogens with one attached hydrogen (secondary N) is 2. The molecule has 1 saturated heterocycles. The van der Waals surface area contributed by atoms with Crippen LogP contribution in [0.3, 0.4) is 0 Å². The van der Waals surface area contributed by atoms with Gasteiger partial charge in [-0.3, -0.25) is 4.79 Å². The Morgan fingerprint density at radius 2 is 2.13 bits per heavy atom. The van der Waals surface area contributed by atoms with Gasteiger partial charge in [0.05, 0.1) is 12.6 Å². The number of hydrogen-bond acceptors (Lipinski definition) is 5. The van der Waals surface area contributed by atoms with Crippen molar-refractivity contribution in [3.63, 3.8) is 0 Å². The summed E-state index contributed by atoms with van der Waals surface area (Å²) in [6, 6.07) is -0.483. The number of alkyl carbamates (subject to hydrolysis) is 1. The molecular formula is C16H26N2O5. The predicted octanol–water partition coefficient (Wildman–Crippen LogP) is 1.53. The third-order valence-corrected chi connectivity index (χ3v) is 3.15. The van der Waals surface area contributed by atoms with E-state index in [9.17, 15) is 14.4 Å². The Kier molecular flexibility index (Phi) is 7.06. The van der Waals surface area contributed by atoms with Crippen molar-refractivity contribution in [3.8, 4) is 0 Å². The fourth-order valence-corrected chi connectivity index (χ4v) is 2.21. The van der Waals surface area contributed by atoms with Gasteiger partial charge in [-0.1, -0.05) is 6.08 Å². The lowest BCUT2D eigenvalue weighted by atomic mass is 9.98. The first-order valence-corrected chi connectivity index (χ1v) is 7.83. The van der Waals surface area contributed by atoms with Gasteiger partial charge in [-0.2, -0.15) is 0 Å². The zero-order valence-electron chi connectivity index (χ0n) is 14.2. The van der Waals surface area contributed by atoms with E-state index < -0.39 is 23.7 Å². The maximum Gasteiger partial charge on any atom is 0.408 e. The number of ether oxygens (including phenoxy) is 2. The highest BCUT2D eigenvalue weighted by Crippen LogP contribution is 2.17. The van der Waals surface area contributed by atoms with E-state index in [1.54, 1.807) is 27.7 Å². The molecule has 1 heterocycles. The van der Waals surface area contributed by atoms with E-state index in [0.717, 1.165) is 0 Å². The fourth-order valence-electron chi connectivity index (χ4n) is 2.21. The number of esters is 1. The molecule has 7 nitrogen and oxygen atoms in total. The van der Waals surface area contributed by atoms with E-state index in [1.807, 2.05) is 0 Å². The summed E-state index contributed by atoms with van der Waals surface area (Å²) in [6.07, 6.45) is 3.32. The molecule has 2 N–H and O–H groups in total. The normalized spacial score (nSPS) is 19.3. The molecule has 0 aliphatic carbocycles. The van der Waals surface area contributed by atoms with Crippen LogP contribution in [-0.2, 0) is 19.1 Å². The fraction of sp³-hybridized carbons (Fsp3) is 0.688. The van der Waals surface area contributed by atoms with Gasteiger partial charge in [0.2, 0.25) is 5.91 Å². The van der Waals surface area contributed by atoms with Gasteiger partial charge in [-0.25, -0.2) is 9.59 Å².